The number of pyridine rings is 1. The minimum atomic E-state index is -4.11. The summed E-state index contributed by atoms with van der Waals surface area (Å²) in [5.41, 5.74) is 0.779. The molecule has 1 N–H and O–H groups in total. The summed E-state index contributed by atoms with van der Waals surface area (Å²) in [5.74, 6) is -0.769. The molecule has 0 bridgehead atoms. The number of methoxy groups -OCH3 is 3. The zero-order valence-electron chi connectivity index (χ0n) is 22.0. The lowest BCUT2D eigenvalue weighted by atomic mass is 10.2. The zero-order valence-corrected chi connectivity index (χ0v) is 22.8. The van der Waals surface area contributed by atoms with Gasteiger partial charge in [-0.15, -0.1) is 4.40 Å². The van der Waals surface area contributed by atoms with Gasteiger partial charge in [-0.25, -0.2) is 17.2 Å². The highest BCUT2D eigenvalue weighted by atomic mass is 32.2. The van der Waals surface area contributed by atoms with Gasteiger partial charge in [0.2, 0.25) is 0 Å². The Balaban J connectivity index is 1.57. The van der Waals surface area contributed by atoms with Crippen LogP contribution < -0.4 is 19.5 Å². The van der Waals surface area contributed by atoms with Crippen LogP contribution in [0.15, 0.2) is 71.3 Å². The van der Waals surface area contributed by atoms with Crippen LogP contribution in [0.25, 0.3) is 10.9 Å². The minimum Gasteiger partial charge on any atom is -0.493 e. The van der Waals surface area contributed by atoms with Gasteiger partial charge in [-0.2, -0.15) is 0 Å². The summed E-state index contributed by atoms with van der Waals surface area (Å²) in [4.78, 5) is 4.31. The average Bonchev–Trinajstić information content (AvgIpc) is 2.93. The zero-order chi connectivity index (χ0) is 28.7. The third kappa shape index (κ3) is 7.01. The Morgan fingerprint density at radius 1 is 0.900 bits per heavy atom. The van der Waals surface area contributed by atoms with E-state index in [-0.39, 0.29) is 35.9 Å². The number of aromatic nitrogens is 1. The van der Waals surface area contributed by atoms with E-state index >= 15 is 4.39 Å². The van der Waals surface area contributed by atoms with E-state index in [0.29, 0.717) is 28.2 Å². The van der Waals surface area contributed by atoms with Crippen molar-refractivity contribution < 1.29 is 36.1 Å². The van der Waals surface area contributed by atoms with Gasteiger partial charge in [-0.05, 0) is 30.3 Å². The van der Waals surface area contributed by atoms with Crippen LogP contribution in [-0.2, 0) is 20.5 Å². The lowest BCUT2D eigenvalue weighted by Crippen LogP contribution is -2.18. The summed E-state index contributed by atoms with van der Waals surface area (Å²) >= 11 is 0. The minimum absolute atomic E-state index is 0.00688. The van der Waals surface area contributed by atoms with E-state index in [4.69, 9.17) is 18.9 Å². The van der Waals surface area contributed by atoms with Gasteiger partial charge in [0.05, 0.1) is 32.1 Å². The van der Waals surface area contributed by atoms with E-state index in [0.717, 1.165) is 6.07 Å². The number of anilines is 1. The van der Waals surface area contributed by atoms with Gasteiger partial charge in [0, 0.05) is 48.5 Å². The molecule has 0 saturated heterocycles. The fourth-order valence-electron chi connectivity index (χ4n) is 3.82. The number of nitrogens with zero attached hydrogens (tertiary/aromatic N) is 2. The Hall–Kier alpha value is -4.29. The first kappa shape index (κ1) is 28.7. The monoisotopic (exact) mass is 571 g/mol. The molecule has 0 spiro atoms. The van der Waals surface area contributed by atoms with E-state index in [1.807, 2.05) is 0 Å². The molecule has 0 saturated carbocycles. The number of rotatable bonds is 11. The van der Waals surface area contributed by atoms with Gasteiger partial charge in [0.15, 0.2) is 23.1 Å². The van der Waals surface area contributed by atoms with Crippen LogP contribution in [0.5, 0.6) is 23.0 Å². The van der Waals surface area contributed by atoms with Crippen LogP contribution in [0.3, 0.4) is 0 Å². The number of sulfonamides is 1. The number of benzene rings is 3. The second-order valence-corrected chi connectivity index (χ2v) is 10.1. The summed E-state index contributed by atoms with van der Waals surface area (Å²) < 4.78 is 79.9. The summed E-state index contributed by atoms with van der Waals surface area (Å²) in [6.45, 7) is 0.147. The van der Waals surface area contributed by atoms with Crippen molar-refractivity contribution in [2.75, 3.05) is 33.3 Å². The first-order chi connectivity index (χ1) is 19.2. The number of hydrogen-bond acceptors (Lipinski definition) is 7. The van der Waals surface area contributed by atoms with Crippen LogP contribution in [0.2, 0.25) is 0 Å². The van der Waals surface area contributed by atoms with Crippen LogP contribution in [0, 0.1) is 11.6 Å². The van der Waals surface area contributed by atoms with Gasteiger partial charge in [0.1, 0.15) is 17.4 Å². The maximum Gasteiger partial charge on any atom is 0.259 e. The lowest BCUT2D eigenvalue weighted by molar-refractivity contribution is 0.207. The molecule has 0 amide bonds. The molecule has 0 aliphatic rings. The van der Waals surface area contributed by atoms with Crippen molar-refractivity contribution in [1.82, 2.24) is 4.98 Å². The number of ether oxygens (including phenoxy) is 4. The fourth-order valence-corrected chi connectivity index (χ4v) is 4.99. The summed E-state index contributed by atoms with van der Waals surface area (Å²) in [6.07, 6.45) is 1.61. The molecule has 0 aliphatic heterocycles. The van der Waals surface area contributed by atoms with Crippen molar-refractivity contribution >= 4 is 32.4 Å². The number of halogens is 2. The smallest absolute Gasteiger partial charge is 0.259 e. The average molecular weight is 572 g/mol. The molecular weight excluding hydrogens is 544 g/mol. The van der Waals surface area contributed by atoms with Crippen molar-refractivity contribution in [3.05, 3.63) is 84.1 Å². The quantitative estimate of drug-likeness (QED) is 0.180. The van der Waals surface area contributed by atoms with Crippen LogP contribution in [0.1, 0.15) is 12.0 Å². The van der Waals surface area contributed by atoms with Crippen molar-refractivity contribution in [2.24, 2.45) is 4.40 Å². The topological polar surface area (TPSA) is 108 Å². The maximum absolute atomic E-state index is 15.1. The molecule has 0 radical (unpaired) electrons. The molecule has 210 valence electrons. The summed E-state index contributed by atoms with van der Waals surface area (Å²) in [7, 11) is 0.353. The van der Waals surface area contributed by atoms with Crippen molar-refractivity contribution in [2.45, 2.75) is 12.2 Å². The molecule has 0 aliphatic carbocycles. The summed E-state index contributed by atoms with van der Waals surface area (Å²) in [6, 6.07) is 14.6. The fraction of sp³-hybridized carbons (Fsp3) is 0.214. The largest absolute Gasteiger partial charge is 0.493 e. The Bertz CT molecular complexity index is 1650. The number of amidine groups is 1. The molecule has 1 heterocycles. The van der Waals surface area contributed by atoms with Gasteiger partial charge in [-0.1, -0.05) is 18.2 Å². The molecule has 0 unspecified atom stereocenters. The predicted molar refractivity (Wildman–Crippen MR) is 148 cm³/mol. The Labute approximate surface area is 230 Å². The number of fused-ring (bicyclic) bond motifs is 1. The highest BCUT2D eigenvalue weighted by Crippen LogP contribution is 2.37. The molecule has 0 fully saturated rings. The normalized spacial score (nSPS) is 11.9. The molecule has 1 aromatic heterocycles. The van der Waals surface area contributed by atoms with E-state index < -0.39 is 27.4 Å². The Morgan fingerprint density at radius 3 is 2.35 bits per heavy atom. The van der Waals surface area contributed by atoms with Gasteiger partial charge < -0.3 is 24.3 Å². The van der Waals surface area contributed by atoms with E-state index in [1.54, 1.807) is 18.2 Å². The predicted octanol–water partition coefficient (Wildman–Crippen LogP) is 5.70. The molecule has 0 atom stereocenters. The maximum atomic E-state index is 15.1. The third-order valence-corrected chi connectivity index (χ3v) is 6.91. The van der Waals surface area contributed by atoms with Crippen molar-refractivity contribution in [3.8, 4) is 23.0 Å². The highest BCUT2D eigenvalue weighted by molar-refractivity contribution is 7.89. The van der Waals surface area contributed by atoms with Crippen LogP contribution >= 0.6 is 0 Å². The van der Waals surface area contributed by atoms with E-state index in [9.17, 15) is 12.8 Å². The molecule has 40 heavy (non-hydrogen) atoms. The lowest BCUT2D eigenvalue weighted by Gasteiger charge is -2.14. The van der Waals surface area contributed by atoms with Gasteiger partial charge in [-0.3, -0.25) is 4.98 Å². The molecule has 9 nitrogen and oxygen atoms in total. The Kier molecular flexibility index (Phi) is 9.12. The first-order valence-electron chi connectivity index (χ1n) is 12.0. The van der Waals surface area contributed by atoms with E-state index in [2.05, 4.69) is 14.7 Å². The molecule has 4 aromatic rings. The van der Waals surface area contributed by atoms with Gasteiger partial charge >= 0.3 is 0 Å². The first-order valence-corrected chi connectivity index (χ1v) is 13.6. The third-order valence-electron chi connectivity index (χ3n) is 5.74. The van der Waals surface area contributed by atoms with Crippen LogP contribution in [0.4, 0.5) is 14.5 Å². The molecular formula is C28H27F2N3O6S. The second-order valence-electron chi connectivity index (χ2n) is 8.50. The SMILES string of the molecule is COCC/C(=N\S(=O)(=O)Cc1ccccc1F)Nc1ccc(Oc2ccnc3cc(OC)c(OC)cc23)c(F)c1. The van der Waals surface area contributed by atoms with Crippen LogP contribution in [-0.4, -0.2) is 47.2 Å². The standard InChI is InChI=1S/C28H27F2N3O6S/c1-36-13-11-28(33-40(34,35)17-18-6-4-5-7-21(18)29)32-19-8-9-25(22(30)14-19)39-24-10-12-31-23-16-27(38-3)26(37-2)15-20(23)24/h4-10,12,14-16H,11,13,17H2,1-3H3,(H,32,33). The Morgan fingerprint density at radius 2 is 1.65 bits per heavy atom. The van der Waals surface area contributed by atoms with Crippen molar-refractivity contribution in [1.29, 1.82) is 0 Å². The summed E-state index contributed by atoms with van der Waals surface area (Å²) in [5, 5.41) is 3.40. The molecule has 3 aromatic carbocycles. The highest BCUT2D eigenvalue weighted by Gasteiger charge is 2.17. The van der Waals surface area contributed by atoms with Gasteiger partial charge in [0.25, 0.3) is 10.0 Å². The molecule has 12 heteroatoms. The number of hydrogen-bond donors (Lipinski definition) is 1. The number of nitrogens with one attached hydrogen (secondary N) is 1. The second kappa shape index (κ2) is 12.7. The van der Waals surface area contributed by atoms with E-state index in [1.165, 1.54) is 63.9 Å². The van der Waals surface area contributed by atoms with Crippen molar-refractivity contribution in [3.63, 3.8) is 0 Å². The molecule has 4 rings (SSSR count).